The molecule has 0 aromatic heterocycles. The average Bonchev–Trinajstić information content (AvgIpc) is 2.52. The van der Waals surface area contributed by atoms with Crippen LogP contribution in [0.3, 0.4) is 0 Å². The molecule has 0 spiro atoms. The number of ketones is 1. The highest BCUT2D eigenvalue weighted by atomic mass is 32.2. The van der Waals surface area contributed by atoms with Crippen molar-refractivity contribution < 1.29 is 13.9 Å². The maximum atomic E-state index is 11.3. The van der Waals surface area contributed by atoms with E-state index < -0.39 is 15.7 Å². The Labute approximate surface area is 136 Å². The highest BCUT2D eigenvalue weighted by Crippen LogP contribution is 2.26. The quantitative estimate of drug-likeness (QED) is 0.498. The van der Waals surface area contributed by atoms with Crippen molar-refractivity contribution in [1.29, 1.82) is 0 Å². The predicted molar refractivity (Wildman–Crippen MR) is 89.2 cm³/mol. The molecule has 0 heterocycles. The van der Waals surface area contributed by atoms with Crippen molar-refractivity contribution >= 4 is 28.0 Å². The molecule has 0 aliphatic carbocycles. The fourth-order valence-electron chi connectivity index (χ4n) is 2.05. The smallest absolute Gasteiger partial charge is 0.293 e. The second-order valence-corrected chi connectivity index (χ2v) is 6.38. The summed E-state index contributed by atoms with van der Waals surface area (Å²) in [7, 11) is -1.04. The van der Waals surface area contributed by atoms with E-state index in [-0.39, 0.29) is 11.5 Å². The SMILES string of the molecule is CC(=O)c1ccc(NCc2ccc([S@@](C)=O)cc2)c([N+](=O)[O-])c1. The summed E-state index contributed by atoms with van der Waals surface area (Å²) >= 11 is 0. The molecule has 120 valence electrons. The van der Waals surface area contributed by atoms with Crippen LogP contribution in [-0.2, 0) is 17.3 Å². The minimum absolute atomic E-state index is 0.135. The van der Waals surface area contributed by atoms with Gasteiger partial charge >= 0.3 is 0 Å². The number of nitrogens with zero attached hydrogens (tertiary/aromatic N) is 1. The fraction of sp³-hybridized carbons (Fsp3) is 0.188. The first-order valence-electron chi connectivity index (χ1n) is 6.84. The number of nitrogens with one attached hydrogen (secondary N) is 1. The largest absolute Gasteiger partial charge is 0.375 e. The van der Waals surface area contributed by atoms with E-state index in [1.165, 1.54) is 19.1 Å². The maximum Gasteiger partial charge on any atom is 0.293 e. The van der Waals surface area contributed by atoms with E-state index >= 15 is 0 Å². The van der Waals surface area contributed by atoms with E-state index in [9.17, 15) is 19.1 Å². The van der Waals surface area contributed by atoms with Crippen molar-refractivity contribution in [2.75, 3.05) is 11.6 Å². The highest BCUT2D eigenvalue weighted by Gasteiger charge is 2.15. The van der Waals surface area contributed by atoms with Gasteiger partial charge in [0.15, 0.2) is 5.78 Å². The molecule has 0 fully saturated rings. The molecule has 0 amide bonds. The van der Waals surface area contributed by atoms with E-state index in [0.717, 1.165) is 10.5 Å². The molecule has 2 aromatic rings. The van der Waals surface area contributed by atoms with Crippen molar-refractivity contribution in [2.24, 2.45) is 0 Å². The van der Waals surface area contributed by atoms with Gasteiger partial charge in [-0.1, -0.05) is 12.1 Å². The molecule has 1 N–H and O–H groups in total. The summed E-state index contributed by atoms with van der Waals surface area (Å²) in [6.45, 7) is 1.75. The second kappa shape index (κ2) is 7.15. The van der Waals surface area contributed by atoms with Crippen LogP contribution in [0.5, 0.6) is 0 Å². The molecular formula is C16H16N2O4S. The van der Waals surface area contributed by atoms with Crippen molar-refractivity contribution in [2.45, 2.75) is 18.4 Å². The van der Waals surface area contributed by atoms with Crippen LogP contribution in [-0.4, -0.2) is 21.2 Å². The standard InChI is InChI=1S/C16H16N2O4S/c1-11(19)13-5-8-15(16(9-13)18(20)21)17-10-12-3-6-14(7-4-12)23(2)22/h3-9,17H,10H2,1-2H3/t23-/m1/s1. The van der Waals surface area contributed by atoms with Gasteiger partial charge in [0.25, 0.3) is 5.69 Å². The summed E-state index contributed by atoms with van der Waals surface area (Å²) in [6, 6.07) is 11.5. The Morgan fingerprint density at radius 1 is 1.22 bits per heavy atom. The molecule has 0 aliphatic rings. The number of carbonyl (C=O) groups excluding carboxylic acids is 1. The van der Waals surface area contributed by atoms with Gasteiger partial charge < -0.3 is 5.32 Å². The molecule has 1 atom stereocenters. The van der Waals surface area contributed by atoms with Crippen LogP contribution in [0.15, 0.2) is 47.4 Å². The Hall–Kier alpha value is -2.54. The molecule has 0 bridgehead atoms. The van der Waals surface area contributed by atoms with Crippen LogP contribution >= 0.6 is 0 Å². The summed E-state index contributed by atoms with van der Waals surface area (Å²) in [5.74, 6) is -0.220. The van der Waals surface area contributed by atoms with Crippen LogP contribution in [0, 0.1) is 10.1 Å². The number of hydrogen-bond donors (Lipinski definition) is 1. The zero-order valence-corrected chi connectivity index (χ0v) is 13.6. The number of hydrogen-bond acceptors (Lipinski definition) is 5. The third-order valence-corrected chi connectivity index (χ3v) is 4.28. The van der Waals surface area contributed by atoms with Gasteiger partial charge in [-0.15, -0.1) is 0 Å². The third-order valence-electron chi connectivity index (χ3n) is 3.34. The lowest BCUT2D eigenvalue weighted by atomic mass is 10.1. The van der Waals surface area contributed by atoms with Crippen molar-refractivity contribution in [3.8, 4) is 0 Å². The minimum Gasteiger partial charge on any atom is -0.375 e. The van der Waals surface area contributed by atoms with E-state index in [2.05, 4.69) is 5.32 Å². The first-order valence-corrected chi connectivity index (χ1v) is 8.40. The molecule has 23 heavy (non-hydrogen) atoms. The molecular weight excluding hydrogens is 316 g/mol. The number of benzene rings is 2. The van der Waals surface area contributed by atoms with Gasteiger partial charge in [0, 0.05) is 40.1 Å². The van der Waals surface area contributed by atoms with Crippen LogP contribution in [0.4, 0.5) is 11.4 Å². The van der Waals surface area contributed by atoms with Crippen LogP contribution in [0.1, 0.15) is 22.8 Å². The highest BCUT2D eigenvalue weighted by molar-refractivity contribution is 7.84. The maximum absolute atomic E-state index is 11.3. The first-order chi connectivity index (χ1) is 10.9. The third kappa shape index (κ3) is 4.23. The molecule has 7 heteroatoms. The monoisotopic (exact) mass is 332 g/mol. The number of carbonyl (C=O) groups is 1. The van der Waals surface area contributed by atoms with Gasteiger partial charge in [0.2, 0.25) is 0 Å². The lowest BCUT2D eigenvalue weighted by molar-refractivity contribution is -0.384. The Bertz CT molecular complexity index is 772. The number of Topliss-reactive ketones (excluding diaryl/α,β-unsaturated/α-hetero) is 1. The summed E-state index contributed by atoms with van der Waals surface area (Å²) in [5, 5.41) is 14.1. The molecule has 0 saturated heterocycles. The number of nitro benzene ring substituents is 1. The average molecular weight is 332 g/mol. The molecule has 2 aromatic carbocycles. The first kappa shape index (κ1) is 16.8. The van der Waals surface area contributed by atoms with Gasteiger partial charge in [-0.05, 0) is 36.8 Å². The van der Waals surface area contributed by atoms with Crippen LogP contribution < -0.4 is 5.32 Å². The van der Waals surface area contributed by atoms with Gasteiger partial charge in [-0.2, -0.15) is 0 Å². The lowest BCUT2D eigenvalue weighted by Gasteiger charge is -2.08. The molecule has 0 unspecified atom stereocenters. The zero-order chi connectivity index (χ0) is 17.0. The molecule has 0 saturated carbocycles. The minimum atomic E-state index is -1.04. The number of rotatable bonds is 6. The van der Waals surface area contributed by atoms with E-state index in [1.807, 2.05) is 12.1 Å². The topological polar surface area (TPSA) is 89.3 Å². The van der Waals surface area contributed by atoms with E-state index in [4.69, 9.17) is 0 Å². The lowest BCUT2D eigenvalue weighted by Crippen LogP contribution is -2.04. The normalized spacial score (nSPS) is 11.7. The Balaban J connectivity index is 2.18. The zero-order valence-electron chi connectivity index (χ0n) is 12.7. The second-order valence-electron chi connectivity index (χ2n) is 5.00. The Kier molecular flexibility index (Phi) is 5.23. The fourth-order valence-corrected chi connectivity index (χ4v) is 2.57. The van der Waals surface area contributed by atoms with Crippen molar-refractivity contribution in [3.63, 3.8) is 0 Å². The van der Waals surface area contributed by atoms with Crippen molar-refractivity contribution in [1.82, 2.24) is 0 Å². The summed E-state index contributed by atoms with van der Waals surface area (Å²) in [6.07, 6.45) is 1.60. The number of anilines is 1. The van der Waals surface area contributed by atoms with E-state index in [0.29, 0.717) is 17.8 Å². The van der Waals surface area contributed by atoms with Gasteiger partial charge in [0.05, 0.1) is 4.92 Å². The summed E-state index contributed by atoms with van der Waals surface area (Å²) in [5.41, 5.74) is 1.42. The Morgan fingerprint density at radius 2 is 1.87 bits per heavy atom. The predicted octanol–water partition coefficient (Wildman–Crippen LogP) is 3.15. The van der Waals surface area contributed by atoms with Crippen LogP contribution in [0.25, 0.3) is 0 Å². The van der Waals surface area contributed by atoms with Gasteiger partial charge in [-0.3, -0.25) is 19.1 Å². The molecule has 2 rings (SSSR count). The van der Waals surface area contributed by atoms with Crippen LogP contribution in [0.2, 0.25) is 0 Å². The summed E-state index contributed by atoms with van der Waals surface area (Å²) in [4.78, 5) is 22.7. The van der Waals surface area contributed by atoms with Gasteiger partial charge in [-0.25, -0.2) is 0 Å². The molecule has 0 radical (unpaired) electrons. The summed E-state index contributed by atoms with van der Waals surface area (Å²) < 4.78 is 11.3. The van der Waals surface area contributed by atoms with Crippen molar-refractivity contribution in [3.05, 3.63) is 63.7 Å². The number of nitro groups is 1. The van der Waals surface area contributed by atoms with Gasteiger partial charge in [0.1, 0.15) is 5.69 Å². The molecule has 6 nitrogen and oxygen atoms in total. The Morgan fingerprint density at radius 3 is 2.39 bits per heavy atom. The molecule has 0 aliphatic heterocycles. The van der Waals surface area contributed by atoms with E-state index in [1.54, 1.807) is 24.5 Å².